The molecule has 0 spiro atoms. The zero-order valence-corrected chi connectivity index (χ0v) is 12.4. The molecule has 1 N–H and O–H groups in total. The SMILES string of the molecule is CC(=O)c1ccc(OCCCC(=O)NCC(C)C)cc1. The molecule has 1 aromatic rings. The van der Waals surface area contributed by atoms with E-state index in [0.717, 1.165) is 5.75 Å². The quantitative estimate of drug-likeness (QED) is 0.587. The van der Waals surface area contributed by atoms with Crippen LogP contribution in [0.25, 0.3) is 0 Å². The van der Waals surface area contributed by atoms with Gasteiger partial charge in [0.25, 0.3) is 0 Å². The van der Waals surface area contributed by atoms with Crippen LogP contribution in [0.5, 0.6) is 5.75 Å². The number of nitrogens with one attached hydrogen (secondary N) is 1. The van der Waals surface area contributed by atoms with Crippen LogP contribution >= 0.6 is 0 Å². The van der Waals surface area contributed by atoms with E-state index in [1.165, 1.54) is 6.92 Å². The Bertz CT molecular complexity index is 438. The monoisotopic (exact) mass is 277 g/mol. The van der Waals surface area contributed by atoms with Gasteiger partial charge in [0.05, 0.1) is 6.61 Å². The number of hydrogen-bond donors (Lipinski definition) is 1. The number of hydrogen-bond acceptors (Lipinski definition) is 3. The maximum atomic E-state index is 11.5. The number of benzene rings is 1. The Hall–Kier alpha value is -1.84. The summed E-state index contributed by atoms with van der Waals surface area (Å²) in [6.45, 7) is 6.87. The van der Waals surface area contributed by atoms with Crippen LogP contribution in [-0.4, -0.2) is 24.8 Å². The number of carbonyl (C=O) groups excluding carboxylic acids is 2. The zero-order chi connectivity index (χ0) is 15.0. The summed E-state index contributed by atoms with van der Waals surface area (Å²) in [5.41, 5.74) is 0.672. The average molecular weight is 277 g/mol. The molecule has 0 fully saturated rings. The smallest absolute Gasteiger partial charge is 0.220 e. The molecule has 0 heterocycles. The Kier molecular flexibility index (Phi) is 6.77. The Morgan fingerprint density at radius 3 is 2.40 bits per heavy atom. The summed E-state index contributed by atoms with van der Waals surface area (Å²) in [5, 5.41) is 2.87. The lowest BCUT2D eigenvalue weighted by Gasteiger charge is -2.08. The molecule has 0 bridgehead atoms. The van der Waals surface area contributed by atoms with Crippen LogP contribution in [0.1, 0.15) is 44.0 Å². The summed E-state index contributed by atoms with van der Waals surface area (Å²) in [7, 11) is 0. The second-order valence-electron chi connectivity index (χ2n) is 5.23. The van der Waals surface area contributed by atoms with Crippen molar-refractivity contribution in [1.82, 2.24) is 5.32 Å². The highest BCUT2D eigenvalue weighted by Crippen LogP contribution is 2.13. The van der Waals surface area contributed by atoms with Crippen LogP contribution in [-0.2, 0) is 4.79 Å². The molecule has 0 aliphatic carbocycles. The Morgan fingerprint density at radius 1 is 1.20 bits per heavy atom. The topological polar surface area (TPSA) is 55.4 Å². The third-order valence-corrected chi connectivity index (χ3v) is 2.79. The highest BCUT2D eigenvalue weighted by molar-refractivity contribution is 5.94. The van der Waals surface area contributed by atoms with Gasteiger partial charge in [-0.3, -0.25) is 9.59 Å². The molecule has 1 rings (SSSR count). The summed E-state index contributed by atoms with van der Waals surface area (Å²) in [5.74, 6) is 1.29. The van der Waals surface area contributed by atoms with E-state index in [1.54, 1.807) is 24.3 Å². The van der Waals surface area contributed by atoms with E-state index in [4.69, 9.17) is 4.74 Å². The maximum Gasteiger partial charge on any atom is 0.220 e. The van der Waals surface area contributed by atoms with E-state index in [9.17, 15) is 9.59 Å². The van der Waals surface area contributed by atoms with Gasteiger partial charge in [-0.2, -0.15) is 0 Å². The number of carbonyl (C=O) groups is 2. The fraction of sp³-hybridized carbons (Fsp3) is 0.500. The molecule has 20 heavy (non-hydrogen) atoms. The summed E-state index contributed by atoms with van der Waals surface area (Å²) >= 11 is 0. The van der Waals surface area contributed by atoms with Crippen molar-refractivity contribution >= 4 is 11.7 Å². The molecule has 0 unspecified atom stereocenters. The molecule has 4 heteroatoms. The summed E-state index contributed by atoms with van der Waals surface area (Å²) in [6.07, 6.45) is 1.15. The lowest BCUT2D eigenvalue weighted by atomic mass is 10.1. The fourth-order valence-electron chi connectivity index (χ4n) is 1.61. The van der Waals surface area contributed by atoms with E-state index in [2.05, 4.69) is 19.2 Å². The van der Waals surface area contributed by atoms with Gasteiger partial charge in [-0.1, -0.05) is 13.8 Å². The van der Waals surface area contributed by atoms with Crippen molar-refractivity contribution in [1.29, 1.82) is 0 Å². The normalized spacial score (nSPS) is 10.4. The van der Waals surface area contributed by atoms with Gasteiger partial charge < -0.3 is 10.1 Å². The van der Waals surface area contributed by atoms with Crippen molar-refractivity contribution in [2.24, 2.45) is 5.92 Å². The van der Waals surface area contributed by atoms with Gasteiger partial charge in [0, 0.05) is 18.5 Å². The van der Waals surface area contributed by atoms with Gasteiger partial charge in [0.15, 0.2) is 5.78 Å². The van der Waals surface area contributed by atoms with E-state index in [1.807, 2.05) is 0 Å². The predicted molar refractivity (Wildman–Crippen MR) is 79.0 cm³/mol. The molecular weight excluding hydrogens is 254 g/mol. The first-order chi connectivity index (χ1) is 9.49. The Labute approximate surface area is 120 Å². The van der Waals surface area contributed by atoms with Gasteiger partial charge in [-0.25, -0.2) is 0 Å². The van der Waals surface area contributed by atoms with Gasteiger partial charge in [-0.05, 0) is 43.5 Å². The van der Waals surface area contributed by atoms with Gasteiger partial charge >= 0.3 is 0 Å². The Balaban J connectivity index is 2.21. The first-order valence-corrected chi connectivity index (χ1v) is 6.99. The third-order valence-electron chi connectivity index (χ3n) is 2.79. The first kappa shape index (κ1) is 16.2. The van der Waals surface area contributed by atoms with Crippen molar-refractivity contribution < 1.29 is 14.3 Å². The second-order valence-corrected chi connectivity index (χ2v) is 5.23. The van der Waals surface area contributed by atoms with Crippen molar-refractivity contribution in [3.8, 4) is 5.75 Å². The molecule has 0 atom stereocenters. The van der Waals surface area contributed by atoms with Crippen LogP contribution in [0.2, 0.25) is 0 Å². The molecule has 0 aromatic heterocycles. The number of ketones is 1. The number of ether oxygens (including phenoxy) is 1. The minimum atomic E-state index is 0.0402. The van der Waals surface area contributed by atoms with Crippen molar-refractivity contribution in [2.45, 2.75) is 33.6 Å². The van der Waals surface area contributed by atoms with Gasteiger partial charge in [-0.15, -0.1) is 0 Å². The van der Waals surface area contributed by atoms with Crippen LogP contribution in [0.4, 0.5) is 0 Å². The molecule has 1 amide bonds. The minimum Gasteiger partial charge on any atom is -0.494 e. The van der Waals surface area contributed by atoms with Crippen molar-refractivity contribution in [3.63, 3.8) is 0 Å². The second kappa shape index (κ2) is 8.35. The van der Waals surface area contributed by atoms with E-state index < -0.39 is 0 Å². The van der Waals surface area contributed by atoms with Gasteiger partial charge in [0.2, 0.25) is 5.91 Å². The third kappa shape index (κ3) is 6.36. The first-order valence-electron chi connectivity index (χ1n) is 6.99. The van der Waals surface area contributed by atoms with Crippen molar-refractivity contribution in [2.75, 3.05) is 13.2 Å². The van der Waals surface area contributed by atoms with E-state index >= 15 is 0 Å². The number of rotatable bonds is 8. The summed E-state index contributed by atoms with van der Waals surface area (Å²) in [4.78, 5) is 22.6. The molecule has 110 valence electrons. The molecular formula is C16H23NO3. The van der Waals surface area contributed by atoms with Crippen LogP contribution in [0, 0.1) is 5.92 Å². The molecule has 1 aromatic carbocycles. The predicted octanol–water partition coefficient (Wildman–Crippen LogP) is 2.82. The molecule has 0 aliphatic rings. The molecule has 0 aliphatic heterocycles. The van der Waals surface area contributed by atoms with Crippen LogP contribution in [0.15, 0.2) is 24.3 Å². The molecule has 4 nitrogen and oxygen atoms in total. The zero-order valence-electron chi connectivity index (χ0n) is 12.4. The fourth-order valence-corrected chi connectivity index (χ4v) is 1.61. The number of Topliss-reactive ketones (excluding diaryl/α,β-unsaturated/α-hetero) is 1. The van der Waals surface area contributed by atoms with Crippen molar-refractivity contribution in [3.05, 3.63) is 29.8 Å². The van der Waals surface area contributed by atoms with Crippen LogP contribution < -0.4 is 10.1 Å². The molecule has 0 saturated heterocycles. The van der Waals surface area contributed by atoms with Crippen LogP contribution in [0.3, 0.4) is 0 Å². The summed E-state index contributed by atoms with van der Waals surface area (Å²) < 4.78 is 5.53. The lowest BCUT2D eigenvalue weighted by molar-refractivity contribution is -0.121. The van der Waals surface area contributed by atoms with E-state index in [0.29, 0.717) is 37.5 Å². The highest BCUT2D eigenvalue weighted by atomic mass is 16.5. The maximum absolute atomic E-state index is 11.5. The van der Waals surface area contributed by atoms with Gasteiger partial charge in [0.1, 0.15) is 5.75 Å². The molecule has 0 radical (unpaired) electrons. The minimum absolute atomic E-state index is 0.0402. The summed E-state index contributed by atoms with van der Waals surface area (Å²) in [6, 6.07) is 7.03. The largest absolute Gasteiger partial charge is 0.494 e. The highest BCUT2D eigenvalue weighted by Gasteiger charge is 2.03. The molecule has 0 saturated carbocycles. The average Bonchev–Trinajstić information content (AvgIpc) is 2.42. The number of amides is 1. The lowest BCUT2D eigenvalue weighted by Crippen LogP contribution is -2.27. The van der Waals surface area contributed by atoms with E-state index in [-0.39, 0.29) is 11.7 Å². The standard InChI is InChI=1S/C16H23NO3/c1-12(2)11-17-16(19)5-4-10-20-15-8-6-14(7-9-15)13(3)18/h6-9,12H,4-5,10-11H2,1-3H3,(H,17,19). The Morgan fingerprint density at radius 2 is 1.85 bits per heavy atom.